The van der Waals surface area contributed by atoms with Crippen LogP contribution in [-0.4, -0.2) is 27.0 Å². The van der Waals surface area contributed by atoms with E-state index in [0.29, 0.717) is 23.5 Å². The summed E-state index contributed by atoms with van der Waals surface area (Å²) in [4.78, 5) is 27.5. The molecule has 3 rings (SSSR count). The van der Waals surface area contributed by atoms with Crippen molar-refractivity contribution in [1.29, 1.82) is 0 Å². The highest BCUT2D eigenvalue weighted by atomic mass is 19.1. The molecule has 0 saturated carbocycles. The first-order valence-electron chi connectivity index (χ1n) is 7.01. The first-order chi connectivity index (χ1) is 12.0. The number of halogens is 2. The van der Waals surface area contributed by atoms with Crippen molar-refractivity contribution < 1.29 is 22.8 Å². The topological polar surface area (TPSA) is 113 Å². The lowest BCUT2D eigenvalue weighted by atomic mass is 10.3. The van der Waals surface area contributed by atoms with Gasteiger partial charge in [-0.15, -0.1) is 5.10 Å². The molecular weight excluding hydrogens is 336 g/mol. The molecular formula is C15H11F2N5O3. The molecule has 8 nitrogen and oxygen atoms in total. The lowest BCUT2D eigenvalue weighted by Gasteiger charge is -2.05. The van der Waals surface area contributed by atoms with E-state index in [9.17, 15) is 18.4 Å². The third-order valence-electron chi connectivity index (χ3n) is 3.02. The van der Waals surface area contributed by atoms with Crippen molar-refractivity contribution in [2.75, 3.05) is 5.32 Å². The van der Waals surface area contributed by atoms with E-state index in [1.54, 1.807) is 12.1 Å². The van der Waals surface area contributed by atoms with Crippen molar-refractivity contribution in [1.82, 2.24) is 20.5 Å². The Morgan fingerprint density at radius 3 is 2.60 bits per heavy atom. The number of hydrogen-bond acceptors (Lipinski definition) is 5. The number of carbonyl (C=O) groups is 2. The Hall–Kier alpha value is -3.56. The maximum absolute atomic E-state index is 13.0. The zero-order valence-electron chi connectivity index (χ0n) is 12.5. The average molecular weight is 347 g/mol. The number of amides is 2. The van der Waals surface area contributed by atoms with Crippen molar-refractivity contribution in [2.24, 2.45) is 0 Å². The number of aromatic nitrogens is 3. The minimum Gasteiger partial charge on any atom is -0.461 e. The average Bonchev–Trinajstić information content (AvgIpc) is 3.22. The van der Waals surface area contributed by atoms with Gasteiger partial charge in [-0.1, -0.05) is 0 Å². The van der Waals surface area contributed by atoms with Gasteiger partial charge in [-0.05, 0) is 24.3 Å². The maximum atomic E-state index is 13.0. The van der Waals surface area contributed by atoms with E-state index in [2.05, 4.69) is 25.8 Å². The normalized spacial score (nSPS) is 10.5. The maximum Gasteiger partial charge on any atom is 0.313 e. The van der Waals surface area contributed by atoms with Crippen molar-refractivity contribution >= 4 is 17.5 Å². The minimum absolute atomic E-state index is 0.0997. The van der Waals surface area contributed by atoms with Crippen molar-refractivity contribution in [3.63, 3.8) is 0 Å². The number of furan rings is 1. The van der Waals surface area contributed by atoms with Gasteiger partial charge in [0.2, 0.25) is 5.82 Å². The third-order valence-corrected chi connectivity index (χ3v) is 3.02. The Kier molecular flexibility index (Phi) is 4.50. The van der Waals surface area contributed by atoms with Gasteiger partial charge in [0, 0.05) is 11.8 Å². The number of H-pyrrole nitrogens is 1. The standard InChI is InChI=1S/C15H11F2N5O3/c16-8-4-9(17)6-10(5-8)19-15(24)14(23)18-7-12-20-13(22-21-12)11-2-1-3-25-11/h1-6H,7H2,(H,18,23)(H,19,24)(H,20,21,22). The molecule has 10 heteroatoms. The third kappa shape index (κ3) is 4.05. The second-order valence-corrected chi connectivity index (χ2v) is 4.88. The second-order valence-electron chi connectivity index (χ2n) is 4.88. The van der Waals surface area contributed by atoms with Crippen molar-refractivity contribution in [2.45, 2.75) is 6.54 Å². The van der Waals surface area contributed by atoms with Crippen LogP contribution in [0.4, 0.5) is 14.5 Å². The van der Waals surface area contributed by atoms with Crippen LogP contribution >= 0.6 is 0 Å². The van der Waals surface area contributed by atoms with Gasteiger partial charge in [0.15, 0.2) is 5.76 Å². The van der Waals surface area contributed by atoms with Gasteiger partial charge in [-0.25, -0.2) is 13.8 Å². The van der Waals surface area contributed by atoms with E-state index in [1.807, 2.05) is 0 Å². The summed E-state index contributed by atoms with van der Waals surface area (Å²) in [6.45, 7) is -0.0997. The molecule has 0 aliphatic heterocycles. The monoisotopic (exact) mass is 347 g/mol. The van der Waals surface area contributed by atoms with E-state index >= 15 is 0 Å². The predicted molar refractivity (Wildman–Crippen MR) is 80.9 cm³/mol. The van der Waals surface area contributed by atoms with Crippen molar-refractivity contribution in [3.8, 4) is 11.6 Å². The Labute approximate surface area is 139 Å². The zero-order chi connectivity index (χ0) is 17.8. The molecule has 25 heavy (non-hydrogen) atoms. The molecule has 0 spiro atoms. The van der Waals surface area contributed by atoms with Gasteiger partial charge >= 0.3 is 11.8 Å². The summed E-state index contributed by atoms with van der Waals surface area (Å²) in [6.07, 6.45) is 1.47. The Bertz CT molecular complexity index is 888. The van der Waals surface area contributed by atoms with Crippen LogP contribution in [-0.2, 0) is 16.1 Å². The molecule has 3 N–H and O–H groups in total. The molecule has 0 aliphatic carbocycles. The van der Waals surface area contributed by atoms with Crippen LogP contribution in [0.15, 0.2) is 41.0 Å². The summed E-state index contributed by atoms with van der Waals surface area (Å²) in [5, 5.41) is 10.9. The SMILES string of the molecule is O=C(NCc1nc(-c2ccco2)n[nH]1)C(=O)Nc1cc(F)cc(F)c1. The Morgan fingerprint density at radius 1 is 1.16 bits per heavy atom. The largest absolute Gasteiger partial charge is 0.461 e. The number of nitrogens with one attached hydrogen (secondary N) is 3. The smallest absolute Gasteiger partial charge is 0.313 e. The molecule has 0 fully saturated rings. The lowest BCUT2D eigenvalue weighted by Crippen LogP contribution is -2.35. The summed E-state index contributed by atoms with van der Waals surface area (Å²) in [5.41, 5.74) is -0.169. The molecule has 2 aromatic heterocycles. The fourth-order valence-electron chi connectivity index (χ4n) is 1.95. The number of carbonyl (C=O) groups excluding carboxylic acids is 2. The van der Waals surface area contributed by atoms with Gasteiger partial charge in [-0.2, -0.15) is 0 Å². The molecule has 2 heterocycles. The van der Waals surface area contributed by atoms with Gasteiger partial charge in [0.25, 0.3) is 0 Å². The summed E-state index contributed by atoms with van der Waals surface area (Å²) >= 11 is 0. The molecule has 0 unspecified atom stereocenters. The van der Waals surface area contributed by atoms with Gasteiger partial charge in [0.1, 0.15) is 17.5 Å². The molecule has 3 aromatic rings. The van der Waals surface area contributed by atoms with E-state index in [-0.39, 0.29) is 12.2 Å². The fourth-order valence-corrected chi connectivity index (χ4v) is 1.95. The van der Waals surface area contributed by atoms with Crippen LogP contribution in [0, 0.1) is 11.6 Å². The highest BCUT2D eigenvalue weighted by Gasteiger charge is 2.16. The van der Waals surface area contributed by atoms with Crippen molar-refractivity contribution in [3.05, 3.63) is 54.1 Å². The van der Waals surface area contributed by atoms with Gasteiger partial charge in [0.05, 0.1) is 12.8 Å². The highest BCUT2D eigenvalue weighted by molar-refractivity contribution is 6.39. The Morgan fingerprint density at radius 2 is 1.92 bits per heavy atom. The van der Waals surface area contributed by atoms with Crippen LogP contribution in [0.3, 0.4) is 0 Å². The van der Waals surface area contributed by atoms with Crippen LogP contribution in [0.25, 0.3) is 11.6 Å². The number of benzene rings is 1. The lowest BCUT2D eigenvalue weighted by molar-refractivity contribution is -0.136. The molecule has 2 amide bonds. The number of hydrogen-bond donors (Lipinski definition) is 3. The van der Waals surface area contributed by atoms with Crippen LogP contribution in [0.1, 0.15) is 5.82 Å². The quantitative estimate of drug-likeness (QED) is 0.621. The summed E-state index contributed by atoms with van der Waals surface area (Å²) in [5.74, 6) is -2.78. The molecule has 128 valence electrons. The van der Waals surface area contributed by atoms with Gasteiger partial charge < -0.3 is 15.1 Å². The predicted octanol–water partition coefficient (Wildman–Crippen LogP) is 1.60. The van der Waals surface area contributed by atoms with Crippen LogP contribution in [0.2, 0.25) is 0 Å². The van der Waals surface area contributed by atoms with Crippen LogP contribution < -0.4 is 10.6 Å². The molecule has 0 radical (unpaired) electrons. The molecule has 0 bridgehead atoms. The molecule has 0 aliphatic rings. The van der Waals surface area contributed by atoms with Gasteiger partial charge in [-0.3, -0.25) is 14.7 Å². The zero-order valence-corrected chi connectivity index (χ0v) is 12.5. The van der Waals surface area contributed by atoms with Crippen LogP contribution in [0.5, 0.6) is 0 Å². The molecule has 1 aromatic carbocycles. The van der Waals surface area contributed by atoms with E-state index < -0.39 is 23.4 Å². The number of rotatable bonds is 4. The first-order valence-corrected chi connectivity index (χ1v) is 7.01. The number of nitrogens with zero attached hydrogens (tertiary/aromatic N) is 2. The van der Waals surface area contributed by atoms with E-state index in [0.717, 1.165) is 12.1 Å². The minimum atomic E-state index is -1.07. The molecule has 0 saturated heterocycles. The number of anilines is 1. The van der Waals surface area contributed by atoms with E-state index in [1.165, 1.54) is 6.26 Å². The van der Waals surface area contributed by atoms with E-state index in [4.69, 9.17) is 4.42 Å². The highest BCUT2D eigenvalue weighted by Crippen LogP contribution is 2.14. The fraction of sp³-hybridized carbons (Fsp3) is 0.0667. The first kappa shape index (κ1) is 16.3. The molecule has 0 atom stereocenters. The summed E-state index contributed by atoms with van der Waals surface area (Å²) < 4.78 is 31.2. The Balaban J connectivity index is 1.56. The second kappa shape index (κ2) is 6.91. The summed E-state index contributed by atoms with van der Waals surface area (Å²) in [6, 6.07) is 5.76. The summed E-state index contributed by atoms with van der Waals surface area (Å²) in [7, 11) is 0. The number of aromatic amines is 1.